The zero-order valence-corrected chi connectivity index (χ0v) is 13.7. The fourth-order valence-corrected chi connectivity index (χ4v) is 4.05. The van der Waals surface area contributed by atoms with Crippen molar-refractivity contribution in [2.24, 2.45) is 5.41 Å². The van der Waals surface area contributed by atoms with Gasteiger partial charge in [0.2, 0.25) is 0 Å². The van der Waals surface area contributed by atoms with Crippen LogP contribution in [0, 0.1) is 5.41 Å². The summed E-state index contributed by atoms with van der Waals surface area (Å²) in [4.78, 5) is 0. The zero-order valence-electron chi connectivity index (χ0n) is 13.7. The lowest BCUT2D eigenvalue weighted by molar-refractivity contribution is 0.0483. The lowest BCUT2D eigenvalue weighted by Crippen LogP contribution is -2.31. The number of rotatable bonds is 5. The van der Waals surface area contributed by atoms with Crippen LogP contribution in [-0.2, 0) is 11.2 Å². The van der Waals surface area contributed by atoms with Crippen molar-refractivity contribution in [2.75, 3.05) is 20.8 Å². The Bertz CT molecular complexity index is 621. The summed E-state index contributed by atoms with van der Waals surface area (Å²) in [6.07, 6.45) is 7.57. The van der Waals surface area contributed by atoms with Crippen LogP contribution in [0.3, 0.4) is 0 Å². The maximum absolute atomic E-state index is 5.78. The molecule has 1 saturated carbocycles. The normalized spacial score (nSPS) is 17.5. The molecule has 0 saturated heterocycles. The average Bonchev–Trinajstić information content (AvgIpc) is 2.56. The van der Waals surface area contributed by atoms with Crippen LogP contribution in [0.2, 0.25) is 0 Å². The van der Waals surface area contributed by atoms with E-state index < -0.39 is 0 Å². The minimum atomic E-state index is 0.280. The number of benzene rings is 2. The molecule has 0 heterocycles. The second kappa shape index (κ2) is 6.70. The van der Waals surface area contributed by atoms with Gasteiger partial charge in [-0.15, -0.1) is 0 Å². The number of methoxy groups -OCH3 is 2. The molecule has 3 rings (SSSR count). The van der Waals surface area contributed by atoms with Crippen LogP contribution in [0.25, 0.3) is 10.8 Å². The Morgan fingerprint density at radius 1 is 0.955 bits per heavy atom. The molecule has 1 fully saturated rings. The van der Waals surface area contributed by atoms with Crippen LogP contribution < -0.4 is 4.74 Å². The van der Waals surface area contributed by atoms with E-state index in [4.69, 9.17) is 9.47 Å². The smallest absolute Gasteiger partial charge is 0.129 e. The largest absolute Gasteiger partial charge is 0.496 e. The van der Waals surface area contributed by atoms with Gasteiger partial charge in [0.25, 0.3) is 0 Å². The molecule has 0 atom stereocenters. The van der Waals surface area contributed by atoms with Gasteiger partial charge in [-0.25, -0.2) is 0 Å². The summed E-state index contributed by atoms with van der Waals surface area (Å²) in [6.45, 7) is 0.850. The van der Waals surface area contributed by atoms with Crippen molar-refractivity contribution in [1.29, 1.82) is 0 Å². The van der Waals surface area contributed by atoms with Gasteiger partial charge in [0.15, 0.2) is 0 Å². The third-order valence-electron chi connectivity index (χ3n) is 5.10. The summed E-state index contributed by atoms with van der Waals surface area (Å²) in [5, 5.41) is 2.46. The molecular weight excluding hydrogens is 272 g/mol. The number of fused-ring (bicyclic) bond motifs is 1. The zero-order chi connectivity index (χ0) is 15.4. The Labute approximate surface area is 133 Å². The Morgan fingerprint density at radius 2 is 1.73 bits per heavy atom. The van der Waals surface area contributed by atoms with E-state index in [9.17, 15) is 0 Å². The van der Waals surface area contributed by atoms with Gasteiger partial charge in [0.1, 0.15) is 5.75 Å². The van der Waals surface area contributed by atoms with Crippen molar-refractivity contribution < 1.29 is 9.47 Å². The third-order valence-corrected chi connectivity index (χ3v) is 5.10. The van der Waals surface area contributed by atoms with Gasteiger partial charge in [0, 0.05) is 12.5 Å². The monoisotopic (exact) mass is 298 g/mol. The van der Waals surface area contributed by atoms with Gasteiger partial charge >= 0.3 is 0 Å². The lowest BCUT2D eigenvalue weighted by atomic mass is 9.70. The van der Waals surface area contributed by atoms with E-state index in [-0.39, 0.29) is 5.41 Å². The van der Waals surface area contributed by atoms with E-state index in [1.807, 2.05) is 7.11 Å². The van der Waals surface area contributed by atoms with E-state index >= 15 is 0 Å². The van der Waals surface area contributed by atoms with Crippen LogP contribution in [0.5, 0.6) is 5.75 Å². The van der Waals surface area contributed by atoms with Crippen molar-refractivity contribution in [3.8, 4) is 5.75 Å². The van der Waals surface area contributed by atoms with Crippen molar-refractivity contribution in [3.63, 3.8) is 0 Å². The third kappa shape index (κ3) is 2.98. The molecule has 0 spiro atoms. The molecule has 0 N–H and O–H groups in total. The molecule has 2 heteroatoms. The van der Waals surface area contributed by atoms with Gasteiger partial charge in [0.05, 0.1) is 13.7 Å². The lowest BCUT2D eigenvalue weighted by Gasteiger charge is -2.37. The van der Waals surface area contributed by atoms with Crippen molar-refractivity contribution in [1.82, 2.24) is 0 Å². The molecule has 1 aliphatic rings. The van der Waals surface area contributed by atoms with Gasteiger partial charge in [-0.05, 0) is 35.6 Å². The highest BCUT2D eigenvalue weighted by Gasteiger charge is 2.33. The maximum Gasteiger partial charge on any atom is 0.129 e. The molecule has 0 unspecified atom stereocenters. The highest BCUT2D eigenvalue weighted by Crippen LogP contribution is 2.42. The topological polar surface area (TPSA) is 18.5 Å². The minimum absolute atomic E-state index is 0.280. The fraction of sp³-hybridized carbons (Fsp3) is 0.500. The van der Waals surface area contributed by atoms with Gasteiger partial charge < -0.3 is 9.47 Å². The Morgan fingerprint density at radius 3 is 2.45 bits per heavy atom. The summed E-state index contributed by atoms with van der Waals surface area (Å²) in [5.74, 6) is 1.04. The predicted molar refractivity (Wildman–Crippen MR) is 91.6 cm³/mol. The number of hydrogen-bond donors (Lipinski definition) is 0. The first-order chi connectivity index (χ1) is 10.8. The van der Waals surface area contributed by atoms with E-state index in [0.29, 0.717) is 0 Å². The minimum Gasteiger partial charge on any atom is -0.496 e. The van der Waals surface area contributed by atoms with Gasteiger partial charge in [-0.1, -0.05) is 55.7 Å². The molecule has 2 aromatic rings. The summed E-state index contributed by atoms with van der Waals surface area (Å²) in [5.41, 5.74) is 1.60. The van der Waals surface area contributed by atoms with E-state index in [0.717, 1.165) is 18.8 Å². The molecule has 0 amide bonds. The second-order valence-electron chi connectivity index (χ2n) is 6.65. The van der Waals surface area contributed by atoms with E-state index in [1.165, 1.54) is 48.4 Å². The molecular formula is C20H26O2. The Hall–Kier alpha value is -1.54. The quantitative estimate of drug-likeness (QED) is 0.774. The van der Waals surface area contributed by atoms with E-state index in [1.54, 1.807) is 7.11 Å². The van der Waals surface area contributed by atoms with Crippen LogP contribution in [0.15, 0.2) is 36.4 Å². The highest BCUT2D eigenvalue weighted by atomic mass is 16.5. The molecule has 1 aliphatic carbocycles. The molecule has 0 bridgehead atoms. The van der Waals surface area contributed by atoms with Gasteiger partial charge in [-0.2, -0.15) is 0 Å². The van der Waals surface area contributed by atoms with Crippen molar-refractivity contribution in [3.05, 3.63) is 42.0 Å². The fourth-order valence-electron chi connectivity index (χ4n) is 4.05. The van der Waals surface area contributed by atoms with Crippen LogP contribution in [0.4, 0.5) is 0 Å². The van der Waals surface area contributed by atoms with Crippen LogP contribution in [0.1, 0.15) is 37.7 Å². The molecule has 118 valence electrons. The average molecular weight is 298 g/mol. The number of hydrogen-bond acceptors (Lipinski definition) is 2. The summed E-state index contributed by atoms with van der Waals surface area (Å²) >= 11 is 0. The van der Waals surface area contributed by atoms with Crippen molar-refractivity contribution >= 4 is 10.8 Å². The standard InChI is InChI=1S/C20H26O2/c1-21-15-20(12-6-3-7-13-20)14-17-11-10-16-8-4-5-9-18(16)19(17)22-2/h4-5,8-11H,3,6-7,12-15H2,1-2H3. The van der Waals surface area contributed by atoms with Crippen molar-refractivity contribution in [2.45, 2.75) is 38.5 Å². The predicted octanol–water partition coefficient (Wildman–Crippen LogP) is 4.99. The first kappa shape index (κ1) is 15.4. The summed E-state index contributed by atoms with van der Waals surface area (Å²) in [7, 11) is 3.61. The number of ether oxygens (including phenoxy) is 2. The van der Waals surface area contributed by atoms with E-state index in [2.05, 4.69) is 36.4 Å². The molecule has 22 heavy (non-hydrogen) atoms. The molecule has 0 radical (unpaired) electrons. The summed E-state index contributed by atoms with van der Waals surface area (Å²) < 4.78 is 11.4. The Balaban J connectivity index is 1.98. The molecule has 0 aromatic heterocycles. The molecule has 2 aromatic carbocycles. The first-order valence-electron chi connectivity index (χ1n) is 8.32. The summed E-state index contributed by atoms with van der Waals surface area (Å²) in [6, 6.07) is 12.9. The Kier molecular flexibility index (Phi) is 4.68. The SMILES string of the molecule is COCC1(Cc2ccc3ccccc3c2OC)CCCCC1. The van der Waals surface area contributed by atoms with Crippen LogP contribution in [-0.4, -0.2) is 20.8 Å². The highest BCUT2D eigenvalue weighted by molar-refractivity contribution is 5.89. The van der Waals surface area contributed by atoms with Crippen LogP contribution >= 0.6 is 0 Å². The molecule has 0 aliphatic heterocycles. The first-order valence-corrected chi connectivity index (χ1v) is 8.32. The molecule has 2 nitrogen and oxygen atoms in total. The second-order valence-corrected chi connectivity index (χ2v) is 6.65. The van der Waals surface area contributed by atoms with Gasteiger partial charge in [-0.3, -0.25) is 0 Å². The maximum atomic E-state index is 5.78.